The maximum Gasteiger partial charge on any atom is 0.276 e. The number of hydrazone groups is 1. The van der Waals surface area contributed by atoms with Crippen LogP contribution in [0.1, 0.15) is 31.9 Å². The number of nitrogens with zero attached hydrogens (tertiary/aromatic N) is 1. The number of hydrogen-bond donors (Lipinski definition) is 1. The fourth-order valence-electron chi connectivity index (χ4n) is 2.93. The minimum atomic E-state index is -3.75. The van der Waals surface area contributed by atoms with Crippen molar-refractivity contribution in [1.82, 2.24) is 4.83 Å². The Hall–Kier alpha value is -2.86. The Morgan fingerprint density at radius 3 is 2.29 bits per heavy atom. The number of sulfonamides is 1. The van der Waals surface area contributed by atoms with Crippen molar-refractivity contribution in [3.05, 3.63) is 71.8 Å². The fraction of sp³-hybridized carbons (Fsp3) is 0.227. The van der Waals surface area contributed by atoms with Gasteiger partial charge in [-0.05, 0) is 39.9 Å². The molecule has 0 spiro atoms. The third kappa shape index (κ3) is 4.17. The summed E-state index contributed by atoms with van der Waals surface area (Å²) in [7, 11) is -2.18. The summed E-state index contributed by atoms with van der Waals surface area (Å²) in [6.45, 7) is 6.24. The number of nitrogens with one attached hydrogen (secondary N) is 1. The molecule has 28 heavy (non-hydrogen) atoms. The molecule has 0 heterocycles. The van der Waals surface area contributed by atoms with E-state index in [2.05, 4.69) is 30.7 Å². The summed E-state index contributed by atoms with van der Waals surface area (Å²) in [5.41, 5.74) is 1.74. The lowest BCUT2D eigenvalue weighted by Crippen LogP contribution is -2.19. The van der Waals surface area contributed by atoms with Gasteiger partial charge in [-0.25, -0.2) is 4.83 Å². The second kappa shape index (κ2) is 7.64. The Morgan fingerprint density at radius 2 is 1.64 bits per heavy atom. The van der Waals surface area contributed by atoms with Crippen LogP contribution in [-0.2, 0) is 15.4 Å². The quantitative estimate of drug-likeness (QED) is 0.511. The van der Waals surface area contributed by atoms with Crippen LogP contribution in [0.5, 0.6) is 5.75 Å². The molecule has 0 amide bonds. The third-order valence-electron chi connectivity index (χ3n) is 4.55. The second-order valence-electron chi connectivity index (χ2n) is 7.53. The molecule has 146 valence electrons. The Kier molecular flexibility index (Phi) is 5.42. The summed E-state index contributed by atoms with van der Waals surface area (Å²) < 4.78 is 30.5. The zero-order valence-electron chi connectivity index (χ0n) is 16.4. The van der Waals surface area contributed by atoms with E-state index in [1.54, 1.807) is 19.2 Å². The Balaban J connectivity index is 1.87. The molecule has 3 rings (SSSR count). The molecule has 0 saturated carbocycles. The van der Waals surface area contributed by atoms with Gasteiger partial charge in [0.05, 0.1) is 18.2 Å². The first-order valence-electron chi connectivity index (χ1n) is 8.93. The topological polar surface area (TPSA) is 67.8 Å². The maximum absolute atomic E-state index is 12.5. The number of rotatable bonds is 5. The monoisotopic (exact) mass is 396 g/mol. The lowest BCUT2D eigenvalue weighted by atomic mass is 9.87. The van der Waals surface area contributed by atoms with Crippen molar-refractivity contribution < 1.29 is 13.2 Å². The lowest BCUT2D eigenvalue weighted by molar-refractivity contribution is 0.415. The van der Waals surface area contributed by atoms with Gasteiger partial charge in [0.1, 0.15) is 5.75 Å². The van der Waals surface area contributed by atoms with Crippen LogP contribution in [0.2, 0.25) is 0 Å². The minimum Gasteiger partial charge on any atom is -0.496 e. The molecule has 0 aliphatic carbocycles. The molecule has 0 unspecified atom stereocenters. The molecule has 0 saturated heterocycles. The predicted molar refractivity (Wildman–Crippen MR) is 114 cm³/mol. The van der Waals surface area contributed by atoms with Gasteiger partial charge in [-0.2, -0.15) is 13.5 Å². The molecule has 1 N–H and O–H groups in total. The summed E-state index contributed by atoms with van der Waals surface area (Å²) in [5.74, 6) is 0.621. The van der Waals surface area contributed by atoms with Gasteiger partial charge in [0.2, 0.25) is 0 Å². The highest BCUT2D eigenvalue weighted by Crippen LogP contribution is 2.26. The molecule has 0 radical (unpaired) electrons. The van der Waals surface area contributed by atoms with Crippen LogP contribution in [0.15, 0.2) is 70.7 Å². The number of ether oxygens (including phenoxy) is 1. The van der Waals surface area contributed by atoms with Gasteiger partial charge in [-0.15, -0.1) is 0 Å². The molecule has 0 atom stereocenters. The predicted octanol–water partition coefficient (Wildman–Crippen LogP) is 4.46. The summed E-state index contributed by atoms with van der Waals surface area (Å²) in [6.07, 6.45) is 1.47. The van der Waals surface area contributed by atoms with Crippen molar-refractivity contribution in [1.29, 1.82) is 0 Å². The molecule has 3 aromatic carbocycles. The smallest absolute Gasteiger partial charge is 0.276 e. The van der Waals surface area contributed by atoms with Crippen molar-refractivity contribution in [3.8, 4) is 5.75 Å². The largest absolute Gasteiger partial charge is 0.496 e. The van der Waals surface area contributed by atoms with Crippen molar-refractivity contribution in [2.45, 2.75) is 31.1 Å². The van der Waals surface area contributed by atoms with E-state index >= 15 is 0 Å². The standard InChI is InChI=1S/C22H24N2O3S/c1-22(2,3)17-10-12-18(13-11-17)28(25,26)24-23-15-20-19-8-6-5-7-16(19)9-14-21(20)27-4/h5-15,24H,1-4H3/b23-15-. The lowest BCUT2D eigenvalue weighted by Gasteiger charge is -2.19. The van der Waals surface area contributed by atoms with Gasteiger partial charge in [0, 0.05) is 5.56 Å². The number of benzene rings is 3. The first kappa shape index (κ1) is 19.9. The highest BCUT2D eigenvalue weighted by molar-refractivity contribution is 7.89. The molecule has 5 nitrogen and oxygen atoms in total. The van der Waals surface area contributed by atoms with Crippen molar-refractivity contribution in [3.63, 3.8) is 0 Å². The van der Waals surface area contributed by atoms with Gasteiger partial charge < -0.3 is 4.74 Å². The Labute approximate surface area is 166 Å². The van der Waals surface area contributed by atoms with Gasteiger partial charge in [0.15, 0.2) is 0 Å². The van der Waals surface area contributed by atoms with E-state index in [1.165, 1.54) is 6.21 Å². The van der Waals surface area contributed by atoms with Gasteiger partial charge in [0.25, 0.3) is 10.0 Å². The number of hydrogen-bond acceptors (Lipinski definition) is 4. The van der Waals surface area contributed by atoms with Crippen LogP contribution < -0.4 is 9.57 Å². The normalized spacial score (nSPS) is 12.4. The van der Waals surface area contributed by atoms with Crippen LogP contribution >= 0.6 is 0 Å². The minimum absolute atomic E-state index is 0.0429. The number of fused-ring (bicyclic) bond motifs is 1. The van der Waals surface area contributed by atoms with Crippen LogP contribution in [0.4, 0.5) is 0 Å². The first-order valence-corrected chi connectivity index (χ1v) is 10.4. The highest BCUT2D eigenvalue weighted by Gasteiger charge is 2.17. The van der Waals surface area contributed by atoms with Crippen molar-refractivity contribution in [2.75, 3.05) is 7.11 Å². The average Bonchev–Trinajstić information content (AvgIpc) is 2.67. The molecule has 0 aromatic heterocycles. The van der Waals surface area contributed by atoms with Gasteiger partial charge >= 0.3 is 0 Å². The van der Waals surface area contributed by atoms with E-state index < -0.39 is 10.0 Å². The molecule has 0 fully saturated rings. The molecule has 0 bridgehead atoms. The molecule has 0 aliphatic heterocycles. The second-order valence-corrected chi connectivity index (χ2v) is 9.19. The first-order chi connectivity index (χ1) is 13.2. The van der Waals surface area contributed by atoms with E-state index in [9.17, 15) is 8.42 Å². The average molecular weight is 397 g/mol. The van der Waals surface area contributed by atoms with Gasteiger partial charge in [-0.3, -0.25) is 0 Å². The third-order valence-corrected chi connectivity index (χ3v) is 5.79. The van der Waals surface area contributed by atoms with Crippen molar-refractivity contribution in [2.24, 2.45) is 5.10 Å². The van der Waals surface area contributed by atoms with Crippen LogP contribution in [0.3, 0.4) is 0 Å². The maximum atomic E-state index is 12.5. The van der Waals surface area contributed by atoms with Crippen molar-refractivity contribution >= 4 is 27.0 Å². The molecular formula is C22H24N2O3S. The fourth-order valence-corrected chi connectivity index (χ4v) is 3.73. The van der Waals surface area contributed by atoms with Crippen LogP contribution in [0.25, 0.3) is 10.8 Å². The molecule has 3 aromatic rings. The molecular weight excluding hydrogens is 372 g/mol. The zero-order valence-corrected chi connectivity index (χ0v) is 17.2. The van der Waals surface area contributed by atoms with Crippen LogP contribution in [-0.4, -0.2) is 21.7 Å². The summed E-state index contributed by atoms with van der Waals surface area (Å²) in [5, 5.41) is 5.93. The summed E-state index contributed by atoms with van der Waals surface area (Å²) in [4.78, 5) is 2.45. The van der Waals surface area contributed by atoms with E-state index in [-0.39, 0.29) is 10.3 Å². The Bertz CT molecular complexity index is 1110. The van der Waals surface area contributed by atoms with E-state index in [1.807, 2.05) is 48.5 Å². The summed E-state index contributed by atoms with van der Waals surface area (Å²) in [6, 6.07) is 18.4. The van der Waals surface area contributed by atoms with Crippen LogP contribution in [0, 0.1) is 0 Å². The van der Waals surface area contributed by atoms with Gasteiger partial charge in [-0.1, -0.05) is 63.2 Å². The summed E-state index contributed by atoms with van der Waals surface area (Å²) >= 11 is 0. The molecule has 6 heteroatoms. The zero-order chi connectivity index (χ0) is 20.4. The Morgan fingerprint density at radius 1 is 0.964 bits per heavy atom. The molecule has 0 aliphatic rings. The SMILES string of the molecule is COc1ccc2ccccc2c1/C=N\NS(=O)(=O)c1ccc(C(C)(C)C)cc1. The van der Waals surface area contributed by atoms with E-state index in [0.29, 0.717) is 11.3 Å². The highest BCUT2D eigenvalue weighted by atomic mass is 32.2. The number of methoxy groups -OCH3 is 1. The van der Waals surface area contributed by atoms with E-state index in [0.717, 1.165) is 16.3 Å². The van der Waals surface area contributed by atoms with E-state index in [4.69, 9.17) is 4.74 Å².